The molecule has 3 aromatic rings. The van der Waals surface area contributed by atoms with Crippen LogP contribution in [0.4, 0.5) is 0 Å². The molecule has 1 N–H and O–H groups in total. The number of hydrogen-bond donors (Lipinski definition) is 1. The number of halogens is 1. The second-order valence-electron chi connectivity index (χ2n) is 8.66. The van der Waals surface area contributed by atoms with Crippen molar-refractivity contribution < 1.29 is 23.1 Å². The van der Waals surface area contributed by atoms with Crippen LogP contribution in [0, 0.1) is 6.92 Å². The minimum atomic E-state index is -3.67. The first-order chi connectivity index (χ1) is 16.1. The molecule has 1 aromatic heterocycles. The summed E-state index contributed by atoms with van der Waals surface area (Å²) in [6.07, 6.45) is 4.23. The van der Waals surface area contributed by atoms with Crippen molar-refractivity contribution in [3.63, 3.8) is 0 Å². The molecule has 0 radical (unpaired) electrons. The number of aliphatic carboxylic acids is 1. The van der Waals surface area contributed by atoms with E-state index in [4.69, 9.17) is 16.3 Å². The first-order valence-corrected chi connectivity index (χ1v) is 12.8. The lowest BCUT2D eigenvalue weighted by Crippen LogP contribution is -2.35. The monoisotopic (exact) mass is 502 g/mol. The first kappa shape index (κ1) is 24.3. The van der Waals surface area contributed by atoms with Gasteiger partial charge >= 0.3 is 5.97 Å². The summed E-state index contributed by atoms with van der Waals surface area (Å²) < 4.78 is 35.5. The highest BCUT2D eigenvalue weighted by Gasteiger charge is 2.28. The van der Waals surface area contributed by atoms with Crippen molar-refractivity contribution in [1.82, 2.24) is 8.87 Å². The fourth-order valence-electron chi connectivity index (χ4n) is 4.31. The predicted molar refractivity (Wildman–Crippen MR) is 133 cm³/mol. The minimum Gasteiger partial charge on any atom is -0.491 e. The Hall–Kier alpha value is -2.81. The van der Waals surface area contributed by atoms with E-state index in [1.54, 1.807) is 41.8 Å². The summed E-state index contributed by atoms with van der Waals surface area (Å²) in [6, 6.07) is 10.4. The van der Waals surface area contributed by atoms with Crippen molar-refractivity contribution in [2.75, 3.05) is 13.1 Å². The van der Waals surface area contributed by atoms with Crippen molar-refractivity contribution in [2.24, 2.45) is 0 Å². The molecule has 34 heavy (non-hydrogen) atoms. The van der Waals surface area contributed by atoms with E-state index in [1.165, 1.54) is 4.31 Å². The molecule has 0 aliphatic carbocycles. The van der Waals surface area contributed by atoms with Crippen molar-refractivity contribution in [2.45, 2.75) is 44.7 Å². The van der Waals surface area contributed by atoms with Crippen LogP contribution in [-0.2, 0) is 21.4 Å². The number of sulfonamides is 1. The molecule has 0 saturated carbocycles. The zero-order valence-electron chi connectivity index (χ0n) is 19.3. The molecule has 0 spiro atoms. The van der Waals surface area contributed by atoms with Crippen molar-refractivity contribution in [3.8, 4) is 5.75 Å². The summed E-state index contributed by atoms with van der Waals surface area (Å²) in [5.41, 5.74) is 3.26. The van der Waals surface area contributed by atoms with Gasteiger partial charge in [-0.05, 0) is 68.7 Å². The Morgan fingerprint density at radius 1 is 1.21 bits per heavy atom. The number of aromatic nitrogens is 1. The average molecular weight is 503 g/mol. The highest BCUT2D eigenvalue weighted by molar-refractivity contribution is 7.89. The summed E-state index contributed by atoms with van der Waals surface area (Å²) in [4.78, 5) is 11.6. The summed E-state index contributed by atoms with van der Waals surface area (Å²) in [7, 11) is -3.67. The smallest absolute Gasteiger partial charge is 0.323 e. The Balaban J connectivity index is 1.62. The SMILES string of the molecule is Cc1cc(OC(C)C)ccc1S(=O)(=O)N1CC=C(c2cn(CC(=O)O)c3cc(Cl)ccc23)CC1. The molecule has 0 saturated heterocycles. The molecule has 180 valence electrons. The predicted octanol–water partition coefficient (Wildman–Crippen LogP) is 4.95. The van der Waals surface area contributed by atoms with Gasteiger partial charge in [-0.3, -0.25) is 4.79 Å². The first-order valence-electron chi connectivity index (χ1n) is 11.0. The number of nitrogens with zero attached hydrogens (tertiary/aromatic N) is 2. The number of rotatable bonds is 7. The highest BCUT2D eigenvalue weighted by Crippen LogP contribution is 2.34. The van der Waals surface area contributed by atoms with E-state index in [9.17, 15) is 18.3 Å². The van der Waals surface area contributed by atoms with E-state index in [0.29, 0.717) is 29.3 Å². The van der Waals surface area contributed by atoms with E-state index in [1.807, 2.05) is 32.2 Å². The average Bonchev–Trinajstić information content (AvgIpc) is 3.10. The Bertz CT molecular complexity index is 1390. The maximum Gasteiger partial charge on any atom is 0.323 e. The van der Waals surface area contributed by atoms with Gasteiger partial charge in [0, 0.05) is 35.3 Å². The molecule has 0 unspecified atom stereocenters. The zero-order valence-corrected chi connectivity index (χ0v) is 20.9. The van der Waals surface area contributed by atoms with Gasteiger partial charge < -0.3 is 14.4 Å². The van der Waals surface area contributed by atoms with Gasteiger partial charge in [0.15, 0.2) is 0 Å². The van der Waals surface area contributed by atoms with Crippen molar-refractivity contribution in [3.05, 3.63) is 64.8 Å². The van der Waals surface area contributed by atoms with Crippen LogP contribution in [-0.4, -0.2) is 47.6 Å². The number of fused-ring (bicyclic) bond motifs is 1. The van der Waals surface area contributed by atoms with Gasteiger partial charge in [0.25, 0.3) is 0 Å². The van der Waals surface area contributed by atoms with Crippen LogP contribution in [0.1, 0.15) is 31.4 Å². The number of aryl methyl sites for hydroxylation is 1. The van der Waals surface area contributed by atoms with Gasteiger partial charge in [-0.2, -0.15) is 4.31 Å². The molecule has 2 heterocycles. The maximum absolute atomic E-state index is 13.3. The molecule has 1 aliphatic rings. The third kappa shape index (κ3) is 4.85. The minimum absolute atomic E-state index is 0.00461. The topological polar surface area (TPSA) is 88.8 Å². The molecule has 0 atom stereocenters. The fourth-order valence-corrected chi connectivity index (χ4v) is 6.06. The van der Waals surface area contributed by atoms with Crippen LogP contribution in [0.25, 0.3) is 16.5 Å². The number of benzene rings is 2. The van der Waals surface area contributed by atoms with Crippen molar-refractivity contribution in [1.29, 1.82) is 0 Å². The lowest BCUT2D eigenvalue weighted by atomic mass is 10.00. The number of carboxylic acids is 1. The van der Waals surface area contributed by atoms with Gasteiger partial charge in [0.1, 0.15) is 12.3 Å². The summed E-state index contributed by atoms with van der Waals surface area (Å²) in [5.74, 6) is -0.302. The zero-order chi connectivity index (χ0) is 24.6. The summed E-state index contributed by atoms with van der Waals surface area (Å²) in [6.45, 7) is 6.00. The number of carbonyl (C=O) groups is 1. The van der Waals surface area contributed by atoms with Crippen LogP contribution in [0.3, 0.4) is 0 Å². The standard InChI is InChI=1S/C25H27ClN2O5S/c1-16(2)33-20-5-7-24(17(3)12-20)34(31,32)28-10-8-18(9-11-28)22-14-27(15-25(29)30)23-13-19(26)4-6-21(22)23/h4-8,12-14,16H,9-11,15H2,1-3H3,(H,29,30). The molecular weight excluding hydrogens is 476 g/mol. The van der Waals surface area contributed by atoms with E-state index in [0.717, 1.165) is 22.0 Å². The van der Waals surface area contributed by atoms with Crippen LogP contribution in [0.5, 0.6) is 5.75 Å². The molecule has 4 rings (SSSR count). The lowest BCUT2D eigenvalue weighted by molar-refractivity contribution is -0.137. The summed E-state index contributed by atoms with van der Waals surface area (Å²) in [5, 5.41) is 10.7. The Kier molecular flexibility index (Phi) is 6.75. The molecule has 9 heteroatoms. The van der Waals surface area contributed by atoms with E-state index in [2.05, 4.69) is 0 Å². The maximum atomic E-state index is 13.3. The van der Waals surface area contributed by atoms with E-state index in [-0.39, 0.29) is 24.1 Å². The quantitative estimate of drug-likeness (QED) is 0.493. The molecule has 0 fully saturated rings. The van der Waals surface area contributed by atoms with Crippen molar-refractivity contribution >= 4 is 44.1 Å². The Morgan fingerprint density at radius 2 is 1.97 bits per heavy atom. The molecule has 0 bridgehead atoms. The molecule has 7 nitrogen and oxygen atoms in total. The van der Waals surface area contributed by atoms with Crippen LogP contribution < -0.4 is 4.74 Å². The highest BCUT2D eigenvalue weighted by atomic mass is 35.5. The largest absolute Gasteiger partial charge is 0.491 e. The molecular formula is C25H27ClN2O5S. The van der Waals surface area contributed by atoms with E-state index >= 15 is 0 Å². The fraction of sp³-hybridized carbons (Fsp3) is 0.320. The normalized spacial score (nSPS) is 15.0. The Morgan fingerprint density at radius 3 is 2.59 bits per heavy atom. The second kappa shape index (κ2) is 9.44. The van der Waals surface area contributed by atoms with Gasteiger partial charge in [-0.1, -0.05) is 23.7 Å². The van der Waals surface area contributed by atoms with Gasteiger partial charge in [0.05, 0.1) is 16.5 Å². The number of hydrogen-bond acceptors (Lipinski definition) is 4. The summed E-state index contributed by atoms with van der Waals surface area (Å²) >= 11 is 6.14. The van der Waals surface area contributed by atoms with Crippen LogP contribution in [0.2, 0.25) is 5.02 Å². The van der Waals surface area contributed by atoms with Gasteiger partial charge in [-0.25, -0.2) is 8.42 Å². The van der Waals surface area contributed by atoms with Gasteiger partial charge in [0.2, 0.25) is 10.0 Å². The van der Waals surface area contributed by atoms with Crippen LogP contribution >= 0.6 is 11.6 Å². The van der Waals surface area contributed by atoms with Crippen LogP contribution in [0.15, 0.2) is 53.6 Å². The Labute approximate surface area is 204 Å². The third-order valence-corrected chi connectivity index (χ3v) is 8.06. The molecule has 2 aromatic carbocycles. The molecule has 1 aliphatic heterocycles. The molecule has 0 amide bonds. The number of carboxylic acid groups (broad SMARTS) is 1. The number of ether oxygens (including phenoxy) is 1. The van der Waals surface area contributed by atoms with E-state index < -0.39 is 16.0 Å². The second-order valence-corrected chi connectivity index (χ2v) is 11.0. The lowest BCUT2D eigenvalue weighted by Gasteiger charge is -2.26. The van der Waals surface area contributed by atoms with Gasteiger partial charge in [-0.15, -0.1) is 0 Å². The third-order valence-electron chi connectivity index (χ3n) is 5.80.